The number of hydrogen-bond acceptors (Lipinski definition) is 10. The third kappa shape index (κ3) is 15.5. The van der Waals surface area contributed by atoms with E-state index in [1.54, 1.807) is 43.4 Å². The normalized spacial score (nSPS) is 23.5. The summed E-state index contributed by atoms with van der Waals surface area (Å²) in [6.07, 6.45) is 6.95. The van der Waals surface area contributed by atoms with Gasteiger partial charge < -0.3 is 40.7 Å². The summed E-state index contributed by atoms with van der Waals surface area (Å²) < 4.78 is 10.1. The maximum absolute atomic E-state index is 12.6. The number of esters is 1. The predicted molar refractivity (Wildman–Crippen MR) is 176 cm³/mol. The summed E-state index contributed by atoms with van der Waals surface area (Å²) in [7, 11) is 0. The number of aliphatic hydroxyl groups excluding tert-OH is 4. The minimum Gasteiger partial charge on any atom is -0.481 e. The maximum Gasteiger partial charge on any atom is 0.405 e. The Morgan fingerprint density at radius 1 is 1.02 bits per heavy atom. The van der Waals surface area contributed by atoms with Crippen molar-refractivity contribution < 1.29 is 54.2 Å². The molecule has 0 unspecified atom stereocenters. The summed E-state index contributed by atoms with van der Waals surface area (Å²) in [6, 6.07) is 0. The number of carbonyl (C=O) groups is 4. The second-order valence-electron chi connectivity index (χ2n) is 11.1. The molecule has 1 aliphatic rings. The number of nitrogens with two attached hydrogens (primary N) is 1. The number of ether oxygens (including phenoxy) is 2. The van der Waals surface area contributed by atoms with Crippen LogP contribution in [0.2, 0.25) is 0 Å². The van der Waals surface area contributed by atoms with E-state index in [2.05, 4.69) is 0 Å². The van der Waals surface area contributed by atoms with E-state index in [-0.39, 0.29) is 17.9 Å². The lowest BCUT2D eigenvalue weighted by Gasteiger charge is -2.30. The van der Waals surface area contributed by atoms with Crippen LogP contribution in [0.3, 0.4) is 0 Å². The molecule has 0 radical (unpaired) electrons. The molecular formula is C33H45Cl2NO11. The largest absolute Gasteiger partial charge is 0.481 e. The van der Waals surface area contributed by atoms with Crippen molar-refractivity contribution in [3.05, 3.63) is 71.4 Å². The summed E-state index contributed by atoms with van der Waals surface area (Å²) in [5, 5.41) is 49.4. The molecule has 0 saturated heterocycles. The molecule has 262 valence electrons. The van der Waals surface area contributed by atoms with Crippen molar-refractivity contribution >= 4 is 47.0 Å². The fraction of sp³-hybridized carbons (Fsp3) is 0.515. The highest BCUT2D eigenvalue weighted by atomic mass is 35.5. The first-order valence-electron chi connectivity index (χ1n) is 15.1. The van der Waals surface area contributed by atoms with E-state index >= 15 is 0 Å². The highest BCUT2D eigenvalue weighted by molar-refractivity contribution is 6.30. The second kappa shape index (κ2) is 21.6. The van der Waals surface area contributed by atoms with Crippen molar-refractivity contribution in [2.24, 2.45) is 17.6 Å². The molecule has 0 aromatic rings. The van der Waals surface area contributed by atoms with Crippen molar-refractivity contribution in [2.45, 2.75) is 94.9 Å². The van der Waals surface area contributed by atoms with Crippen LogP contribution in [0.4, 0.5) is 4.79 Å². The van der Waals surface area contributed by atoms with Gasteiger partial charge in [0.15, 0.2) is 5.78 Å². The van der Waals surface area contributed by atoms with E-state index in [1.807, 2.05) is 6.92 Å². The summed E-state index contributed by atoms with van der Waals surface area (Å²) in [6.45, 7) is 5.12. The van der Waals surface area contributed by atoms with Crippen molar-refractivity contribution in [1.29, 1.82) is 0 Å². The molecule has 7 N–H and O–H groups in total. The Morgan fingerprint density at radius 3 is 2.28 bits per heavy atom. The van der Waals surface area contributed by atoms with E-state index < -0.39 is 84.1 Å². The molecule has 0 heterocycles. The molecule has 1 rings (SSSR count). The van der Waals surface area contributed by atoms with E-state index in [9.17, 15) is 39.6 Å². The van der Waals surface area contributed by atoms with Gasteiger partial charge in [0.1, 0.15) is 23.7 Å². The minimum absolute atomic E-state index is 0.0584. The van der Waals surface area contributed by atoms with Gasteiger partial charge in [0.25, 0.3) is 0 Å². The molecule has 1 fully saturated rings. The number of Topliss-reactive ketones (excluding diaryl/α,β-unsaturated/α-hetero) is 1. The molecule has 12 nitrogen and oxygen atoms in total. The van der Waals surface area contributed by atoms with Crippen molar-refractivity contribution in [1.82, 2.24) is 0 Å². The fourth-order valence-corrected chi connectivity index (χ4v) is 4.88. The Bertz CT molecular complexity index is 1240. The summed E-state index contributed by atoms with van der Waals surface area (Å²) in [5.41, 5.74) is 5.83. The average Bonchev–Trinajstić information content (AvgIpc) is 3.02. The lowest BCUT2D eigenvalue weighted by atomic mass is 9.85. The van der Waals surface area contributed by atoms with Gasteiger partial charge in [-0.2, -0.15) is 0 Å². The zero-order chi connectivity index (χ0) is 35.7. The molecule has 1 amide bonds. The van der Waals surface area contributed by atoms with Gasteiger partial charge >= 0.3 is 18.0 Å². The summed E-state index contributed by atoms with van der Waals surface area (Å²) in [5.74, 6) is -4.10. The number of primary amides is 1. The molecule has 0 aromatic heterocycles. The quantitative estimate of drug-likeness (QED) is 0.0399. The van der Waals surface area contributed by atoms with Crippen LogP contribution in [0, 0.1) is 11.8 Å². The molecule has 0 spiro atoms. The Kier molecular flexibility index (Phi) is 19.2. The first-order chi connectivity index (χ1) is 22.1. The number of carboxylic acids is 1. The van der Waals surface area contributed by atoms with Crippen LogP contribution in [0.1, 0.15) is 52.9 Å². The number of amides is 1. The van der Waals surface area contributed by atoms with Crippen LogP contribution in [-0.2, 0) is 23.9 Å². The standard InChI is InChI=1S/C33H45Cl2NO11/c1-4-5-13-26(47-33(36)45)29(35)24(38)18-25(39)31(42)30(41)20(3)22(34)12-8-6-10-19(2)11-7-9-14-28(40)46-27-17-21(32(43)44)15-16-23(27)37/h5-14,20-21,23-24,26-27,29-31,37-38,41-42H,4,15-18H2,1-3H3,(H2,36,45)(H,43,44)/b8-6+,11-7+,13-5+,14-9+,19-10+,22-12-/t20-,21-,23-,24-,26-,27-,29+,30-,31-/m1/s1. The predicted octanol–water partition coefficient (Wildman–Crippen LogP) is 3.60. The lowest BCUT2D eigenvalue weighted by molar-refractivity contribution is -0.159. The average molecular weight is 703 g/mol. The fourth-order valence-electron chi connectivity index (χ4n) is 4.46. The van der Waals surface area contributed by atoms with Crippen LogP contribution < -0.4 is 5.73 Å². The molecule has 9 atom stereocenters. The molecular weight excluding hydrogens is 657 g/mol. The number of ketones is 1. The highest BCUT2D eigenvalue weighted by Crippen LogP contribution is 2.27. The van der Waals surface area contributed by atoms with Gasteiger partial charge in [0.05, 0.1) is 24.2 Å². The van der Waals surface area contributed by atoms with Gasteiger partial charge in [-0.25, -0.2) is 9.59 Å². The molecule has 1 aliphatic carbocycles. The molecule has 0 aromatic carbocycles. The van der Waals surface area contributed by atoms with Gasteiger partial charge in [0, 0.05) is 29.9 Å². The summed E-state index contributed by atoms with van der Waals surface area (Å²) in [4.78, 5) is 47.0. The van der Waals surface area contributed by atoms with E-state index in [4.69, 9.17) is 43.5 Å². The number of carbonyl (C=O) groups excluding carboxylic acids is 3. The molecule has 47 heavy (non-hydrogen) atoms. The molecule has 0 bridgehead atoms. The van der Waals surface area contributed by atoms with Crippen LogP contribution in [0.5, 0.6) is 0 Å². The van der Waals surface area contributed by atoms with Crippen LogP contribution >= 0.6 is 23.2 Å². The number of halogens is 2. The zero-order valence-corrected chi connectivity index (χ0v) is 28.0. The highest BCUT2D eigenvalue weighted by Gasteiger charge is 2.36. The van der Waals surface area contributed by atoms with Crippen molar-refractivity contribution in [3.8, 4) is 0 Å². The number of rotatable bonds is 18. The van der Waals surface area contributed by atoms with Crippen molar-refractivity contribution in [2.75, 3.05) is 0 Å². The number of hydrogen-bond donors (Lipinski definition) is 6. The van der Waals surface area contributed by atoms with Crippen LogP contribution in [-0.4, -0.2) is 91.3 Å². The number of carboxylic acid groups (broad SMARTS) is 1. The van der Waals surface area contributed by atoms with E-state index in [0.29, 0.717) is 12.8 Å². The van der Waals surface area contributed by atoms with Crippen LogP contribution in [0.15, 0.2) is 71.4 Å². The smallest absolute Gasteiger partial charge is 0.405 e. The topological polar surface area (TPSA) is 214 Å². The van der Waals surface area contributed by atoms with Gasteiger partial charge in [-0.1, -0.05) is 73.6 Å². The Labute approximate surface area is 284 Å². The molecule has 1 saturated carbocycles. The Hall–Kier alpha value is -3.26. The minimum atomic E-state index is -1.89. The Balaban J connectivity index is 2.66. The lowest BCUT2D eigenvalue weighted by Crippen LogP contribution is -2.43. The molecule has 0 aliphatic heterocycles. The van der Waals surface area contributed by atoms with Gasteiger partial charge in [0.2, 0.25) is 0 Å². The maximum atomic E-state index is 12.6. The van der Waals surface area contributed by atoms with Gasteiger partial charge in [-0.3, -0.25) is 9.59 Å². The van der Waals surface area contributed by atoms with Crippen LogP contribution in [0.25, 0.3) is 0 Å². The zero-order valence-electron chi connectivity index (χ0n) is 26.5. The number of aliphatic hydroxyl groups is 4. The summed E-state index contributed by atoms with van der Waals surface area (Å²) >= 11 is 12.5. The van der Waals surface area contributed by atoms with Gasteiger partial charge in [-0.15, -0.1) is 11.6 Å². The van der Waals surface area contributed by atoms with Gasteiger partial charge in [-0.05, 0) is 38.3 Å². The van der Waals surface area contributed by atoms with E-state index in [1.165, 1.54) is 31.2 Å². The molecule has 14 heteroatoms. The number of aliphatic carboxylic acids is 1. The van der Waals surface area contributed by atoms with E-state index in [0.717, 1.165) is 5.57 Å². The number of allylic oxidation sites excluding steroid dienone is 9. The SMILES string of the molecule is CC/C=C/[C@@H](OC(N)=O)[C@@H](Cl)[C@H](O)CC(=O)[C@@H](O)[C@H](O)[C@H](C)/C(Cl)=C/C=C/C=C(C)/C=C/C=C/C(=O)O[C@@H]1C[C@H](C(=O)O)CC[C@H]1O. The number of alkyl halides is 1. The first kappa shape index (κ1) is 41.8. The first-order valence-corrected chi connectivity index (χ1v) is 15.9. The third-order valence-corrected chi connectivity index (χ3v) is 8.32. The second-order valence-corrected chi connectivity index (χ2v) is 12.0. The van der Waals surface area contributed by atoms with Crippen molar-refractivity contribution in [3.63, 3.8) is 0 Å². The third-order valence-electron chi connectivity index (χ3n) is 7.31. The Morgan fingerprint density at radius 2 is 1.66 bits per heavy atom. The monoisotopic (exact) mass is 701 g/mol.